The van der Waals surface area contributed by atoms with E-state index in [0.717, 1.165) is 4.90 Å². The number of nitrogens with zero attached hydrogens (tertiary/aromatic N) is 1. The first kappa shape index (κ1) is 17.2. The van der Waals surface area contributed by atoms with Crippen molar-refractivity contribution in [2.75, 3.05) is 0 Å². The van der Waals surface area contributed by atoms with E-state index in [2.05, 4.69) is 97.3 Å². The van der Waals surface area contributed by atoms with Gasteiger partial charge in [0.1, 0.15) is 0 Å². The smallest absolute Gasteiger partial charge is 0.0576 e. The summed E-state index contributed by atoms with van der Waals surface area (Å²) in [5.74, 6) is 0. The predicted molar refractivity (Wildman–Crippen MR) is 123 cm³/mol. The molecule has 0 fully saturated rings. The molecule has 0 aliphatic carbocycles. The molecule has 2 heteroatoms. The van der Waals surface area contributed by atoms with Crippen molar-refractivity contribution in [3.05, 3.63) is 96.1 Å². The predicted octanol–water partition coefficient (Wildman–Crippen LogP) is 7.36. The number of hydrogen-bond acceptors (Lipinski definition) is 1. The van der Waals surface area contributed by atoms with E-state index < -0.39 is 0 Å². The zero-order chi connectivity index (χ0) is 19.3. The molecule has 0 radical (unpaired) electrons. The molecular formula is C26H21NS. The van der Waals surface area contributed by atoms with E-state index in [4.69, 9.17) is 12.6 Å². The summed E-state index contributed by atoms with van der Waals surface area (Å²) < 4.78 is 2.39. The molecule has 136 valence electrons. The van der Waals surface area contributed by atoms with Crippen molar-refractivity contribution < 1.29 is 0 Å². The van der Waals surface area contributed by atoms with E-state index in [1.54, 1.807) is 0 Å². The third kappa shape index (κ3) is 2.56. The normalized spacial score (nSPS) is 11.4. The van der Waals surface area contributed by atoms with Crippen LogP contribution in [0.1, 0.15) is 11.1 Å². The minimum atomic E-state index is 1.00. The van der Waals surface area contributed by atoms with Gasteiger partial charge in [-0.1, -0.05) is 66.2 Å². The molecular weight excluding hydrogens is 358 g/mol. The highest BCUT2D eigenvalue weighted by Crippen LogP contribution is 2.39. The van der Waals surface area contributed by atoms with E-state index >= 15 is 0 Å². The van der Waals surface area contributed by atoms with Gasteiger partial charge >= 0.3 is 0 Å². The number of aryl methyl sites for hydroxylation is 2. The number of thiol groups is 1. The van der Waals surface area contributed by atoms with Crippen LogP contribution in [-0.2, 0) is 0 Å². The largest absolute Gasteiger partial charge is 0.309 e. The Morgan fingerprint density at radius 2 is 1.36 bits per heavy atom. The highest BCUT2D eigenvalue weighted by atomic mass is 32.1. The van der Waals surface area contributed by atoms with Crippen LogP contribution in [0.3, 0.4) is 0 Å². The summed E-state index contributed by atoms with van der Waals surface area (Å²) in [7, 11) is 0. The summed E-state index contributed by atoms with van der Waals surface area (Å²) in [6.07, 6.45) is 0. The van der Waals surface area contributed by atoms with Crippen molar-refractivity contribution >= 4 is 34.4 Å². The first-order valence-corrected chi connectivity index (χ1v) is 9.98. The molecule has 1 nitrogen and oxygen atoms in total. The Hall–Kier alpha value is -2.97. The molecule has 0 N–H and O–H groups in total. The van der Waals surface area contributed by atoms with Crippen molar-refractivity contribution in [3.63, 3.8) is 0 Å². The highest BCUT2D eigenvalue weighted by Gasteiger charge is 2.17. The third-order valence-electron chi connectivity index (χ3n) is 5.58. The molecule has 0 amide bonds. The average molecular weight is 380 g/mol. The van der Waals surface area contributed by atoms with E-state index in [0.29, 0.717) is 0 Å². The van der Waals surface area contributed by atoms with Crippen LogP contribution in [0, 0.1) is 13.8 Å². The molecule has 0 aliphatic rings. The van der Waals surface area contributed by atoms with Crippen molar-refractivity contribution in [1.82, 2.24) is 4.57 Å². The van der Waals surface area contributed by atoms with Crippen LogP contribution in [-0.4, -0.2) is 4.57 Å². The van der Waals surface area contributed by atoms with Crippen LogP contribution in [0.2, 0.25) is 0 Å². The van der Waals surface area contributed by atoms with Crippen molar-refractivity contribution in [3.8, 4) is 16.8 Å². The molecule has 0 saturated carbocycles. The van der Waals surface area contributed by atoms with Gasteiger partial charge in [0.2, 0.25) is 0 Å². The van der Waals surface area contributed by atoms with Gasteiger partial charge in [-0.3, -0.25) is 0 Å². The first-order valence-electron chi connectivity index (χ1n) is 9.53. The van der Waals surface area contributed by atoms with Crippen LogP contribution >= 0.6 is 12.6 Å². The standard InChI is InChI=1S/C26H21NS/c1-17-11-13-19(14-12-17)27-24-9-5-3-7-21(24)23-16-15-20(18(2)26(23)27)22-8-4-6-10-25(22)28/h3-16,28H,1-2H3. The maximum atomic E-state index is 4.70. The lowest BCUT2D eigenvalue weighted by Crippen LogP contribution is -1.96. The van der Waals surface area contributed by atoms with E-state index in [1.807, 2.05) is 6.07 Å². The number of hydrogen-bond donors (Lipinski definition) is 1. The molecule has 5 aromatic rings. The number of fused-ring (bicyclic) bond motifs is 3. The Bertz CT molecular complexity index is 1330. The van der Waals surface area contributed by atoms with Gasteiger partial charge in [0.05, 0.1) is 11.0 Å². The topological polar surface area (TPSA) is 4.93 Å². The van der Waals surface area contributed by atoms with Crippen LogP contribution in [0.5, 0.6) is 0 Å². The minimum Gasteiger partial charge on any atom is -0.309 e. The number of rotatable bonds is 2. The van der Waals surface area contributed by atoms with Crippen molar-refractivity contribution in [1.29, 1.82) is 0 Å². The number of aromatic nitrogens is 1. The average Bonchev–Trinajstić information content (AvgIpc) is 3.05. The SMILES string of the molecule is Cc1ccc(-n2c3ccccc3c3ccc(-c4ccccc4S)c(C)c32)cc1. The second kappa shape index (κ2) is 6.57. The van der Waals surface area contributed by atoms with Gasteiger partial charge in [-0.25, -0.2) is 0 Å². The number of para-hydroxylation sites is 1. The second-order valence-corrected chi connectivity index (χ2v) is 7.82. The molecule has 28 heavy (non-hydrogen) atoms. The molecule has 4 aromatic carbocycles. The zero-order valence-electron chi connectivity index (χ0n) is 16.0. The van der Waals surface area contributed by atoms with E-state index in [-0.39, 0.29) is 0 Å². The Kier molecular flexibility index (Phi) is 4.03. The third-order valence-corrected chi connectivity index (χ3v) is 5.97. The fraction of sp³-hybridized carbons (Fsp3) is 0.0769. The summed E-state index contributed by atoms with van der Waals surface area (Å²) in [6.45, 7) is 4.35. The molecule has 0 unspecified atom stereocenters. The quantitative estimate of drug-likeness (QED) is 0.306. The summed E-state index contributed by atoms with van der Waals surface area (Å²) in [5.41, 5.74) is 8.64. The van der Waals surface area contributed by atoms with E-state index in [1.165, 1.54) is 49.7 Å². The van der Waals surface area contributed by atoms with Crippen LogP contribution in [0.25, 0.3) is 38.6 Å². The van der Waals surface area contributed by atoms with Gasteiger partial charge in [-0.2, -0.15) is 0 Å². The maximum absolute atomic E-state index is 4.70. The first-order chi connectivity index (χ1) is 13.6. The van der Waals surface area contributed by atoms with Crippen LogP contribution in [0.4, 0.5) is 0 Å². The number of benzene rings is 4. The monoisotopic (exact) mass is 379 g/mol. The fourth-order valence-electron chi connectivity index (χ4n) is 4.18. The molecule has 0 atom stereocenters. The molecule has 5 rings (SSSR count). The molecule has 1 heterocycles. The summed E-state index contributed by atoms with van der Waals surface area (Å²) in [5, 5.41) is 2.57. The van der Waals surface area contributed by atoms with Gasteiger partial charge in [0.25, 0.3) is 0 Å². The molecule has 0 saturated heterocycles. The highest BCUT2D eigenvalue weighted by molar-refractivity contribution is 7.80. The summed E-state index contributed by atoms with van der Waals surface area (Å²) in [6, 6.07) is 30.2. The molecule has 0 aliphatic heterocycles. The van der Waals surface area contributed by atoms with Gasteiger partial charge in [0.15, 0.2) is 0 Å². The van der Waals surface area contributed by atoms with Crippen LogP contribution in [0.15, 0.2) is 89.8 Å². The van der Waals surface area contributed by atoms with Gasteiger partial charge in [-0.15, -0.1) is 12.6 Å². The maximum Gasteiger partial charge on any atom is 0.0576 e. The molecule has 0 spiro atoms. The Balaban J connectivity index is 1.92. The summed E-state index contributed by atoms with van der Waals surface area (Å²) in [4.78, 5) is 1.00. The lowest BCUT2D eigenvalue weighted by molar-refractivity contribution is 1.16. The Morgan fingerprint density at radius 3 is 2.14 bits per heavy atom. The Morgan fingerprint density at radius 1 is 0.643 bits per heavy atom. The van der Waals surface area contributed by atoms with Crippen molar-refractivity contribution in [2.45, 2.75) is 18.7 Å². The Labute approximate surface area is 170 Å². The zero-order valence-corrected chi connectivity index (χ0v) is 16.9. The van der Waals surface area contributed by atoms with Gasteiger partial charge in [0, 0.05) is 21.4 Å². The summed E-state index contributed by atoms with van der Waals surface area (Å²) >= 11 is 4.70. The van der Waals surface area contributed by atoms with Gasteiger partial charge < -0.3 is 4.57 Å². The fourth-order valence-corrected chi connectivity index (χ4v) is 4.46. The molecule has 0 bridgehead atoms. The second-order valence-electron chi connectivity index (χ2n) is 7.34. The molecule has 1 aromatic heterocycles. The van der Waals surface area contributed by atoms with Crippen LogP contribution < -0.4 is 0 Å². The minimum absolute atomic E-state index is 1.00. The lowest BCUT2D eigenvalue weighted by atomic mass is 9.97. The van der Waals surface area contributed by atoms with E-state index in [9.17, 15) is 0 Å². The van der Waals surface area contributed by atoms with Gasteiger partial charge in [-0.05, 0) is 54.8 Å². The van der Waals surface area contributed by atoms with Crippen molar-refractivity contribution in [2.24, 2.45) is 0 Å². The lowest BCUT2D eigenvalue weighted by Gasteiger charge is -2.14.